The fourth-order valence-electron chi connectivity index (χ4n) is 2.17. The maximum atomic E-state index is 12.0. The Kier molecular flexibility index (Phi) is 6.67. The molecule has 2 N–H and O–H groups in total. The molecule has 132 valence electrons. The average Bonchev–Trinajstić information content (AvgIpc) is 2.55. The van der Waals surface area contributed by atoms with Crippen LogP contribution in [0.15, 0.2) is 42.5 Å². The van der Waals surface area contributed by atoms with Gasteiger partial charge < -0.3 is 15.4 Å². The molecule has 0 spiro atoms. The molecular weight excluding hydrogens is 363 g/mol. The molecule has 25 heavy (non-hydrogen) atoms. The Bertz CT molecular complexity index is 781. The van der Waals surface area contributed by atoms with Gasteiger partial charge in [0.25, 0.3) is 5.91 Å². The van der Waals surface area contributed by atoms with Crippen LogP contribution < -0.4 is 15.4 Å². The van der Waals surface area contributed by atoms with Gasteiger partial charge in [0.15, 0.2) is 6.61 Å². The van der Waals surface area contributed by atoms with Crippen molar-refractivity contribution in [2.24, 2.45) is 0 Å². The molecule has 0 saturated carbocycles. The highest BCUT2D eigenvalue weighted by molar-refractivity contribution is 6.42. The lowest BCUT2D eigenvalue weighted by atomic mass is 10.1. The van der Waals surface area contributed by atoms with Crippen LogP contribution in [0.25, 0.3) is 0 Å². The fraction of sp³-hybridized carbons (Fsp3) is 0.222. The predicted octanol–water partition coefficient (Wildman–Crippen LogP) is 4.21. The lowest BCUT2D eigenvalue weighted by molar-refractivity contribution is -0.123. The molecule has 2 aromatic carbocycles. The molecule has 7 heteroatoms. The second kappa shape index (κ2) is 8.74. The van der Waals surface area contributed by atoms with Crippen LogP contribution in [0.4, 0.5) is 5.69 Å². The molecule has 0 heterocycles. The zero-order valence-electron chi connectivity index (χ0n) is 13.8. The van der Waals surface area contributed by atoms with Gasteiger partial charge in [-0.2, -0.15) is 0 Å². The second-order valence-electron chi connectivity index (χ2n) is 5.46. The largest absolute Gasteiger partial charge is 0.484 e. The lowest BCUT2D eigenvalue weighted by Gasteiger charge is -2.16. The van der Waals surface area contributed by atoms with Gasteiger partial charge in [0.05, 0.1) is 16.1 Å². The highest BCUT2D eigenvalue weighted by Crippen LogP contribution is 2.26. The van der Waals surface area contributed by atoms with E-state index in [1.807, 2.05) is 25.1 Å². The van der Waals surface area contributed by atoms with Crippen molar-refractivity contribution >= 4 is 40.7 Å². The van der Waals surface area contributed by atoms with E-state index in [1.54, 1.807) is 24.3 Å². The zero-order chi connectivity index (χ0) is 18.4. The van der Waals surface area contributed by atoms with Gasteiger partial charge in [-0.3, -0.25) is 9.59 Å². The highest BCUT2D eigenvalue weighted by atomic mass is 35.5. The molecular formula is C18H18Cl2N2O3. The number of ether oxygens (including phenoxy) is 1. The van der Waals surface area contributed by atoms with Crippen LogP contribution in [0, 0.1) is 0 Å². The van der Waals surface area contributed by atoms with Crippen LogP contribution in [0.1, 0.15) is 25.5 Å². The number of carbonyl (C=O) groups is 2. The van der Waals surface area contributed by atoms with Gasteiger partial charge in [0.2, 0.25) is 5.91 Å². The smallest absolute Gasteiger partial charge is 0.258 e. The third kappa shape index (κ3) is 5.96. The number of amides is 2. The van der Waals surface area contributed by atoms with E-state index >= 15 is 0 Å². The van der Waals surface area contributed by atoms with Gasteiger partial charge >= 0.3 is 0 Å². The minimum atomic E-state index is -0.275. The van der Waals surface area contributed by atoms with Crippen LogP contribution in [0.3, 0.4) is 0 Å². The first-order valence-corrected chi connectivity index (χ1v) is 8.35. The molecule has 0 fully saturated rings. The standard InChI is InChI=1S/C18H18Cl2N2O3/c1-11(13-4-3-5-14(8-13)22-12(2)23)21-18(24)10-25-15-6-7-16(19)17(20)9-15/h3-9,11H,10H2,1-2H3,(H,21,24)(H,22,23). The third-order valence-electron chi connectivity index (χ3n) is 3.35. The van der Waals surface area contributed by atoms with E-state index in [0.29, 0.717) is 21.5 Å². The monoisotopic (exact) mass is 380 g/mol. The number of anilines is 1. The maximum Gasteiger partial charge on any atom is 0.258 e. The molecule has 1 unspecified atom stereocenters. The number of carbonyl (C=O) groups excluding carboxylic acids is 2. The van der Waals surface area contributed by atoms with E-state index in [9.17, 15) is 9.59 Å². The predicted molar refractivity (Wildman–Crippen MR) is 99.3 cm³/mol. The number of benzene rings is 2. The van der Waals surface area contributed by atoms with Crippen molar-refractivity contribution in [1.82, 2.24) is 5.32 Å². The first kappa shape index (κ1) is 19.1. The SMILES string of the molecule is CC(=O)Nc1cccc(C(C)NC(=O)COc2ccc(Cl)c(Cl)c2)c1. The molecule has 0 saturated heterocycles. The Morgan fingerprint density at radius 2 is 1.88 bits per heavy atom. The summed E-state index contributed by atoms with van der Waals surface area (Å²) in [6.45, 7) is 3.15. The van der Waals surface area contributed by atoms with Crippen molar-refractivity contribution < 1.29 is 14.3 Å². The van der Waals surface area contributed by atoms with Gasteiger partial charge in [-0.05, 0) is 36.8 Å². The minimum Gasteiger partial charge on any atom is -0.484 e. The zero-order valence-corrected chi connectivity index (χ0v) is 15.3. The minimum absolute atomic E-state index is 0.145. The van der Waals surface area contributed by atoms with Crippen molar-refractivity contribution in [2.75, 3.05) is 11.9 Å². The summed E-state index contributed by atoms with van der Waals surface area (Å²) in [5, 5.41) is 6.33. The average molecular weight is 381 g/mol. The Morgan fingerprint density at radius 1 is 1.12 bits per heavy atom. The Hall–Kier alpha value is -2.24. The number of hydrogen-bond acceptors (Lipinski definition) is 3. The molecule has 5 nitrogen and oxygen atoms in total. The third-order valence-corrected chi connectivity index (χ3v) is 4.08. The molecule has 0 aliphatic heterocycles. The molecule has 0 aliphatic rings. The van der Waals surface area contributed by atoms with E-state index in [2.05, 4.69) is 10.6 Å². The highest BCUT2D eigenvalue weighted by Gasteiger charge is 2.11. The van der Waals surface area contributed by atoms with E-state index in [4.69, 9.17) is 27.9 Å². The second-order valence-corrected chi connectivity index (χ2v) is 6.27. The van der Waals surface area contributed by atoms with Gasteiger partial charge in [-0.25, -0.2) is 0 Å². The van der Waals surface area contributed by atoms with Gasteiger partial charge in [0, 0.05) is 18.7 Å². The van der Waals surface area contributed by atoms with Gasteiger partial charge in [0.1, 0.15) is 5.75 Å². The molecule has 1 atom stereocenters. The molecule has 2 aromatic rings. The summed E-state index contributed by atoms with van der Waals surface area (Å²) in [6.07, 6.45) is 0. The summed E-state index contributed by atoms with van der Waals surface area (Å²) < 4.78 is 5.40. The van der Waals surface area contributed by atoms with Crippen molar-refractivity contribution in [3.63, 3.8) is 0 Å². The maximum absolute atomic E-state index is 12.0. The first-order chi connectivity index (χ1) is 11.8. The quantitative estimate of drug-likeness (QED) is 0.788. The summed E-state index contributed by atoms with van der Waals surface area (Å²) in [4.78, 5) is 23.2. The van der Waals surface area contributed by atoms with Crippen LogP contribution in [-0.4, -0.2) is 18.4 Å². The summed E-state index contributed by atoms with van der Waals surface area (Å²) in [7, 11) is 0. The number of hydrogen-bond donors (Lipinski definition) is 2. The Labute approximate surface area is 156 Å². The van der Waals surface area contributed by atoms with E-state index < -0.39 is 0 Å². The normalized spacial score (nSPS) is 11.5. The molecule has 0 bridgehead atoms. The van der Waals surface area contributed by atoms with Gasteiger partial charge in [-0.15, -0.1) is 0 Å². The van der Waals surface area contributed by atoms with E-state index in [-0.39, 0.29) is 24.5 Å². The molecule has 2 rings (SSSR count). The van der Waals surface area contributed by atoms with E-state index in [1.165, 1.54) is 6.92 Å². The molecule has 0 aromatic heterocycles. The summed E-state index contributed by atoms with van der Waals surface area (Å²) in [6, 6.07) is 11.8. The van der Waals surface area contributed by atoms with Crippen LogP contribution in [0.2, 0.25) is 10.0 Å². The van der Waals surface area contributed by atoms with Crippen LogP contribution >= 0.6 is 23.2 Å². The number of halogens is 2. The lowest BCUT2D eigenvalue weighted by Crippen LogP contribution is -2.31. The van der Waals surface area contributed by atoms with Crippen molar-refractivity contribution in [3.05, 3.63) is 58.1 Å². The van der Waals surface area contributed by atoms with Gasteiger partial charge in [-0.1, -0.05) is 35.3 Å². The summed E-state index contributed by atoms with van der Waals surface area (Å²) >= 11 is 11.7. The van der Waals surface area contributed by atoms with Crippen LogP contribution in [-0.2, 0) is 9.59 Å². The Morgan fingerprint density at radius 3 is 2.56 bits per heavy atom. The summed E-state index contributed by atoms with van der Waals surface area (Å²) in [5.74, 6) is 0.0391. The first-order valence-electron chi connectivity index (χ1n) is 7.60. The van der Waals surface area contributed by atoms with Crippen molar-refractivity contribution in [3.8, 4) is 5.75 Å². The van der Waals surface area contributed by atoms with Crippen molar-refractivity contribution in [2.45, 2.75) is 19.9 Å². The van der Waals surface area contributed by atoms with E-state index in [0.717, 1.165) is 5.56 Å². The fourth-order valence-corrected chi connectivity index (χ4v) is 2.46. The number of rotatable bonds is 6. The van der Waals surface area contributed by atoms with Crippen LogP contribution in [0.5, 0.6) is 5.75 Å². The molecule has 0 radical (unpaired) electrons. The number of nitrogens with one attached hydrogen (secondary N) is 2. The summed E-state index contributed by atoms with van der Waals surface area (Å²) in [5.41, 5.74) is 1.55. The van der Waals surface area contributed by atoms with Crippen molar-refractivity contribution in [1.29, 1.82) is 0 Å². The molecule has 0 aliphatic carbocycles. The topological polar surface area (TPSA) is 67.4 Å². The Balaban J connectivity index is 1.91. The molecule has 2 amide bonds.